The van der Waals surface area contributed by atoms with Crippen LogP contribution in [-0.4, -0.2) is 13.2 Å². The number of rotatable bonds is 2. The van der Waals surface area contributed by atoms with Crippen molar-refractivity contribution in [3.8, 4) is 6.07 Å². The predicted octanol–water partition coefficient (Wildman–Crippen LogP) is 1.23. The maximum atomic E-state index is 9.06. The standard InChI is InChI=1S/C11H12N2O/c12-6-11(7-14-8-11)10(13)9-4-2-1-3-5-9/h1-5,10H,7-8,13H2. The summed E-state index contributed by atoms with van der Waals surface area (Å²) in [6.07, 6.45) is 0. The van der Waals surface area contributed by atoms with Gasteiger partial charge in [-0.25, -0.2) is 0 Å². The van der Waals surface area contributed by atoms with Gasteiger partial charge in [-0.15, -0.1) is 0 Å². The minimum Gasteiger partial charge on any atom is -0.378 e. The van der Waals surface area contributed by atoms with Crippen molar-refractivity contribution in [3.05, 3.63) is 35.9 Å². The number of nitrogens with zero attached hydrogens (tertiary/aromatic N) is 1. The number of ether oxygens (including phenoxy) is 1. The molecule has 0 radical (unpaired) electrons. The molecule has 2 N–H and O–H groups in total. The van der Waals surface area contributed by atoms with Crippen LogP contribution >= 0.6 is 0 Å². The number of benzene rings is 1. The number of hydrogen-bond acceptors (Lipinski definition) is 3. The highest BCUT2D eigenvalue weighted by molar-refractivity contribution is 5.25. The predicted molar refractivity (Wildman–Crippen MR) is 52.2 cm³/mol. The molecule has 72 valence electrons. The molecule has 1 aromatic carbocycles. The van der Waals surface area contributed by atoms with Crippen LogP contribution in [0.25, 0.3) is 0 Å². The van der Waals surface area contributed by atoms with Crippen LogP contribution in [-0.2, 0) is 4.74 Å². The van der Waals surface area contributed by atoms with Crippen molar-refractivity contribution in [1.82, 2.24) is 0 Å². The van der Waals surface area contributed by atoms with E-state index in [9.17, 15) is 0 Å². The minimum atomic E-state index is -0.513. The highest BCUT2D eigenvalue weighted by Gasteiger charge is 2.45. The summed E-state index contributed by atoms with van der Waals surface area (Å²) in [5, 5.41) is 9.06. The smallest absolute Gasteiger partial charge is 0.123 e. The molecule has 0 saturated carbocycles. The monoisotopic (exact) mass is 188 g/mol. The van der Waals surface area contributed by atoms with Crippen molar-refractivity contribution in [1.29, 1.82) is 5.26 Å². The Morgan fingerprint density at radius 1 is 1.36 bits per heavy atom. The third-order valence-corrected chi connectivity index (χ3v) is 2.70. The zero-order valence-corrected chi connectivity index (χ0v) is 7.81. The van der Waals surface area contributed by atoms with E-state index in [0.717, 1.165) is 5.56 Å². The van der Waals surface area contributed by atoms with Crippen LogP contribution in [0.2, 0.25) is 0 Å². The summed E-state index contributed by atoms with van der Waals surface area (Å²) in [7, 11) is 0. The van der Waals surface area contributed by atoms with Gasteiger partial charge in [0.05, 0.1) is 25.3 Å². The average Bonchev–Trinajstić information content (AvgIpc) is 2.18. The van der Waals surface area contributed by atoms with Gasteiger partial charge in [0.25, 0.3) is 0 Å². The van der Waals surface area contributed by atoms with Crippen molar-refractivity contribution >= 4 is 0 Å². The molecule has 1 fully saturated rings. The van der Waals surface area contributed by atoms with Crippen LogP contribution in [0, 0.1) is 16.7 Å². The fraction of sp³-hybridized carbons (Fsp3) is 0.364. The highest BCUT2D eigenvalue weighted by Crippen LogP contribution is 2.38. The van der Waals surface area contributed by atoms with E-state index in [1.54, 1.807) is 0 Å². The van der Waals surface area contributed by atoms with E-state index >= 15 is 0 Å². The van der Waals surface area contributed by atoms with Crippen molar-refractivity contribution in [3.63, 3.8) is 0 Å². The molecule has 0 bridgehead atoms. The van der Waals surface area contributed by atoms with Gasteiger partial charge in [-0.1, -0.05) is 30.3 Å². The Hall–Kier alpha value is -1.37. The molecule has 0 amide bonds. The summed E-state index contributed by atoms with van der Waals surface area (Å²) in [6.45, 7) is 0.888. The van der Waals surface area contributed by atoms with Gasteiger partial charge in [0.15, 0.2) is 0 Å². The van der Waals surface area contributed by atoms with Gasteiger partial charge in [0.2, 0.25) is 0 Å². The first-order valence-electron chi connectivity index (χ1n) is 4.58. The first-order valence-corrected chi connectivity index (χ1v) is 4.58. The number of nitriles is 1. The lowest BCUT2D eigenvalue weighted by molar-refractivity contribution is -0.0910. The van der Waals surface area contributed by atoms with E-state index in [4.69, 9.17) is 15.7 Å². The highest BCUT2D eigenvalue weighted by atomic mass is 16.5. The van der Waals surface area contributed by atoms with Gasteiger partial charge < -0.3 is 10.5 Å². The summed E-state index contributed by atoms with van der Waals surface area (Å²) in [5.41, 5.74) is 6.53. The van der Waals surface area contributed by atoms with E-state index in [0.29, 0.717) is 13.2 Å². The third-order valence-electron chi connectivity index (χ3n) is 2.70. The van der Waals surface area contributed by atoms with Gasteiger partial charge in [-0.3, -0.25) is 0 Å². The largest absolute Gasteiger partial charge is 0.378 e. The van der Waals surface area contributed by atoms with Crippen molar-refractivity contribution in [2.45, 2.75) is 6.04 Å². The van der Waals surface area contributed by atoms with E-state index in [2.05, 4.69) is 6.07 Å². The SMILES string of the molecule is N#CC1(C(N)c2ccccc2)COC1. The number of hydrogen-bond donors (Lipinski definition) is 1. The maximum Gasteiger partial charge on any atom is 0.123 e. The molecule has 1 aliphatic rings. The molecule has 1 unspecified atom stereocenters. The quantitative estimate of drug-likeness (QED) is 0.759. The minimum absolute atomic E-state index is 0.248. The molecule has 3 nitrogen and oxygen atoms in total. The maximum absolute atomic E-state index is 9.06. The second-order valence-electron chi connectivity index (χ2n) is 3.65. The van der Waals surface area contributed by atoms with Crippen LogP contribution < -0.4 is 5.73 Å². The summed E-state index contributed by atoms with van der Waals surface area (Å²) < 4.78 is 5.07. The van der Waals surface area contributed by atoms with Gasteiger partial charge >= 0.3 is 0 Å². The molecule has 2 rings (SSSR count). The number of nitrogens with two attached hydrogens (primary N) is 1. The third kappa shape index (κ3) is 1.29. The lowest BCUT2D eigenvalue weighted by Gasteiger charge is -2.39. The van der Waals surface area contributed by atoms with E-state index in [1.807, 2.05) is 30.3 Å². The fourth-order valence-electron chi connectivity index (χ4n) is 1.62. The molecule has 14 heavy (non-hydrogen) atoms. The zero-order valence-electron chi connectivity index (χ0n) is 7.81. The summed E-state index contributed by atoms with van der Waals surface area (Å²) in [6, 6.07) is 11.7. The van der Waals surface area contributed by atoms with Crippen LogP contribution in [0.5, 0.6) is 0 Å². The molecule has 0 spiro atoms. The van der Waals surface area contributed by atoms with Crippen LogP contribution in [0.15, 0.2) is 30.3 Å². The Morgan fingerprint density at radius 3 is 2.43 bits per heavy atom. The Morgan fingerprint density at radius 2 is 2.00 bits per heavy atom. The average molecular weight is 188 g/mol. The second-order valence-corrected chi connectivity index (χ2v) is 3.65. The molecule has 1 heterocycles. The Bertz CT molecular complexity index is 351. The summed E-state index contributed by atoms with van der Waals surface area (Å²) >= 11 is 0. The van der Waals surface area contributed by atoms with Crippen molar-refractivity contribution in [2.75, 3.05) is 13.2 Å². The van der Waals surface area contributed by atoms with Gasteiger partial charge in [-0.2, -0.15) is 5.26 Å². The van der Waals surface area contributed by atoms with Gasteiger partial charge in [0, 0.05) is 0 Å². The molecule has 3 heteroatoms. The first-order chi connectivity index (χ1) is 6.78. The van der Waals surface area contributed by atoms with Gasteiger partial charge in [-0.05, 0) is 5.56 Å². The molecular formula is C11H12N2O. The summed E-state index contributed by atoms with van der Waals surface area (Å²) in [5.74, 6) is 0. The molecule has 1 atom stereocenters. The van der Waals surface area contributed by atoms with E-state index in [-0.39, 0.29) is 6.04 Å². The Kier molecular flexibility index (Phi) is 2.24. The molecular weight excluding hydrogens is 176 g/mol. The Balaban J connectivity index is 2.24. The molecule has 1 aromatic rings. The van der Waals surface area contributed by atoms with Crippen molar-refractivity contribution < 1.29 is 4.74 Å². The van der Waals surface area contributed by atoms with E-state index in [1.165, 1.54) is 0 Å². The lowest BCUT2D eigenvalue weighted by Crippen LogP contribution is -2.49. The van der Waals surface area contributed by atoms with Crippen LogP contribution in [0.1, 0.15) is 11.6 Å². The second kappa shape index (κ2) is 3.41. The lowest BCUT2D eigenvalue weighted by atomic mass is 9.77. The fourth-order valence-corrected chi connectivity index (χ4v) is 1.62. The first kappa shape index (κ1) is 9.20. The summed E-state index contributed by atoms with van der Waals surface area (Å²) in [4.78, 5) is 0. The normalized spacial score (nSPS) is 20.6. The van der Waals surface area contributed by atoms with E-state index < -0.39 is 5.41 Å². The molecule has 1 saturated heterocycles. The van der Waals surface area contributed by atoms with Crippen LogP contribution in [0.3, 0.4) is 0 Å². The van der Waals surface area contributed by atoms with Crippen LogP contribution in [0.4, 0.5) is 0 Å². The Labute approximate surface area is 83.1 Å². The zero-order chi connectivity index (χ0) is 10.0. The molecule has 0 aromatic heterocycles. The topological polar surface area (TPSA) is 59.0 Å². The van der Waals surface area contributed by atoms with Crippen molar-refractivity contribution in [2.24, 2.45) is 11.1 Å². The molecule has 1 aliphatic heterocycles. The molecule has 0 aliphatic carbocycles. The van der Waals surface area contributed by atoms with Gasteiger partial charge in [0.1, 0.15) is 5.41 Å².